The summed E-state index contributed by atoms with van der Waals surface area (Å²) in [7, 11) is 0. The Kier molecular flexibility index (Phi) is 5.74. The molecule has 1 heterocycles. The summed E-state index contributed by atoms with van der Waals surface area (Å²) in [6, 6.07) is 8.18. The number of rotatable bonds is 4. The molecule has 1 aromatic carbocycles. The number of ether oxygens (including phenoxy) is 1. The van der Waals surface area contributed by atoms with Gasteiger partial charge in [0.25, 0.3) is 0 Å². The fraction of sp³-hybridized carbons (Fsp3) is 0.556. The zero-order chi connectivity index (χ0) is 20.5. The van der Waals surface area contributed by atoms with Gasteiger partial charge in [-0.15, -0.1) is 0 Å². The molecule has 2 rings (SSSR count). The van der Waals surface area contributed by atoms with Crippen molar-refractivity contribution in [2.75, 3.05) is 19.6 Å². The first-order valence-electron chi connectivity index (χ1n) is 8.39. The lowest BCUT2D eigenvalue weighted by Crippen LogP contribution is -2.68. The van der Waals surface area contributed by atoms with Crippen LogP contribution < -0.4 is 0 Å². The van der Waals surface area contributed by atoms with Gasteiger partial charge in [-0.1, -0.05) is 30.3 Å². The van der Waals surface area contributed by atoms with E-state index in [4.69, 9.17) is 4.74 Å². The highest BCUT2D eigenvalue weighted by atomic mass is 19.4. The lowest BCUT2D eigenvalue weighted by Gasteiger charge is -2.48. The van der Waals surface area contributed by atoms with Gasteiger partial charge in [0.2, 0.25) is 0 Å². The molecule has 2 amide bonds. The van der Waals surface area contributed by atoms with Gasteiger partial charge < -0.3 is 19.6 Å². The molecule has 0 aliphatic carbocycles. The molecule has 150 valence electrons. The van der Waals surface area contributed by atoms with E-state index in [2.05, 4.69) is 0 Å². The summed E-state index contributed by atoms with van der Waals surface area (Å²) < 4.78 is 43.9. The van der Waals surface area contributed by atoms with Crippen LogP contribution in [0.25, 0.3) is 0 Å². The molecule has 0 aromatic heterocycles. The molecule has 1 N–H and O–H groups in total. The Balaban J connectivity index is 2.05. The molecule has 1 aliphatic rings. The smallest absolute Gasteiger partial charge is 0.444 e. The molecule has 1 aromatic rings. The quantitative estimate of drug-likeness (QED) is 0.861. The third-order valence-corrected chi connectivity index (χ3v) is 3.85. The molecule has 0 bridgehead atoms. The first kappa shape index (κ1) is 21.0. The largest absolute Gasteiger partial charge is 0.471 e. The maximum Gasteiger partial charge on any atom is 0.471 e. The van der Waals surface area contributed by atoms with E-state index in [-0.39, 0.29) is 19.6 Å². The first-order chi connectivity index (χ1) is 12.3. The van der Waals surface area contributed by atoms with E-state index in [9.17, 15) is 27.9 Å². The van der Waals surface area contributed by atoms with E-state index in [0.29, 0.717) is 10.5 Å². The van der Waals surface area contributed by atoms with Gasteiger partial charge in [0.05, 0.1) is 19.6 Å². The summed E-state index contributed by atoms with van der Waals surface area (Å²) in [6.07, 6.45) is -5.72. The molecular formula is C18H23F3N2O4. The Bertz CT molecular complexity index is 680. The van der Waals surface area contributed by atoms with E-state index in [1.54, 1.807) is 51.1 Å². The number of carbonyl (C=O) groups excluding carboxylic acids is 2. The van der Waals surface area contributed by atoms with Crippen LogP contribution in [0, 0.1) is 0 Å². The Labute approximate surface area is 155 Å². The topological polar surface area (TPSA) is 70.1 Å². The molecule has 0 saturated carbocycles. The molecule has 1 aliphatic heterocycles. The van der Waals surface area contributed by atoms with Crippen molar-refractivity contribution in [1.29, 1.82) is 0 Å². The maximum atomic E-state index is 12.9. The fourth-order valence-corrected chi connectivity index (χ4v) is 2.76. The molecule has 9 heteroatoms. The molecular weight excluding hydrogens is 365 g/mol. The van der Waals surface area contributed by atoms with E-state index in [1.165, 1.54) is 4.90 Å². The van der Waals surface area contributed by atoms with Crippen LogP contribution in [0.15, 0.2) is 30.3 Å². The van der Waals surface area contributed by atoms with Gasteiger partial charge in [0, 0.05) is 6.54 Å². The van der Waals surface area contributed by atoms with Gasteiger partial charge in [-0.05, 0) is 26.3 Å². The highest BCUT2D eigenvalue weighted by Crippen LogP contribution is 2.27. The van der Waals surface area contributed by atoms with Crippen LogP contribution in [0.5, 0.6) is 0 Å². The molecule has 0 spiro atoms. The van der Waals surface area contributed by atoms with E-state index >= 15 is 0 Å². The van der Waals surface area contributed by atoms with Crippen LogP contribution in [0.2, 0.25) is 0 Å². The zero-order valence-corrected chi connectivity index (χ0v) is 15.4. The van der Waals surface area contributed by atoms with E-state index < -0.39 is 35.9 Å². The van der Waals surface area contributed by atoms with Crippen molar-refractivity contribution >= 4 is 12.0 Å². The number of hydrogen-bond donors (Lipinski definition) is 1. The minimum Gasteiger partial charge on any atom is -0.444 e. The molecule has 6 nitrogen and oxygen atoms in total. The summed E-state index contributed by atoms with van der Waals surface area (Å²) in [6.45, 7) is 3.78. The number of aliphatic hydroxyl groups is 1. The zero-order valence-electron chi connectivity index (χ0n) is 15.4. The number of alkyl halides is 3. The summed E-state index contributed by atoms with van der Waals surface area (Å²) in [5.41, 5.74) is -1.84. The molecule has 0 radical (unpaired) electrons. The highest BCUT2D eigenvalue weighted by molar-refractivity contribution is 5.82. The number of β-amino-alcohol motifs (C(OH)–C–C–N with tert-alkyl or cyclic N) is 1. The minimum absolute atomic E-state index is 0.210. The number of halogens is 3. The third-order valence-electron chi connectivity index (χ3n) is 3.85. The van der Waals surface area contributed by atoms with Gasteiger partial charge in [-0.2, -0.15) is 13.2 Å². The second-order valence-electron chi connectivity index (χ2n) is 7.71. The predicted molar refractivity (Wildman–Crippen MR) is 90.7 cm³/mol. The van der Waals surface area contributed by atoms with Gasteiger partial charge in [0.1, 0.15) is 11.2 Å². The molecule has 1 fully saturated rings. The average molecular weight is 388 g/mol. The van der Waals surface area contributed by atoms with Crippen molar-refractivity contribution in [3.63, 3.8) is 0 Å². The van der Waals surface area contributed by atoms with Gasteiger partial charge in [-0.3, -0.25) is 4.79 Å². The normalized spacial score (nSPS) is 16.5. The number of nitrogens with zero attached hydrogens (tertiary/aromatic N) is 2. The second-order valence-corrected chi connectivity index (χ2v) is 7.71. The first-order valence-corrected chi connectivity index (χ1v) is 8.39. The van der Waals surface area contributed by atoms with Gasteiger partial charge in [-0.25, -0.2) is 4.79 Å². The van der Waals surface area contributed by atoms with Crippen molar-refractivity contribution in [3.8, 4) is 0 Å². The SMILES string of the molecule is CC(C)(C)OC(=O)N1CC(O)(CN(Cc2ccccc2)C(=O)C(F)(F)F)C1. The van der Waals surface area contributed by atoms with Crippen LogP contribution in [0.3, 0.4) is 0 Å². The Hall–Kier alpha value is -2.29. The highest BCUT2D eigenvalue weighted by Gasteiger charge is 2.50. The molecule has 0 unspecified atom stereocenters. The Morgan fingerprint density at radius 1 is 1.19 bits per heavy atom. The van der Waals surface area contributed by atoms with Crippen LogP contribution in [-0.4, -0.2) is 63.9 Å². The molecule has 1 saturated heterocycles. The molecule has 27 heavy (non-hydrogen) atoms. The van der Waals surface area contributed by atoms with E-state index in [0.717, 1.165) is 0 Å². The summed E-state index contributed by atoms with van der Waals surface area (Å²) >= 11 is 0. The summed E-state index contributed by atoms with van der Waals surface area (Å²) in [4.78, 5) is 25.4. The van der Waals surface area contributed by atoms with Gasteiger partial charge in [0.15, 0.2) is 0 Å². The van der Waals surface area contributed by atoms with Crippen molar-refractivity contribution in [2.24, 2.45) is 0 Å². The monoisotopic (exact) mass is 388 g/mol. The second kappa shape index (κ2) is 7.38. The number of hydrogen-bond acceptors (Lipinski definition) is 4. The fourth-order valence-electron chi connectivity index (χ4n) is 2.76. The molecule has 0 atom stereocenters. The number of carbonyl (C=O) groups is 2. The third kappa shape index (κ3) is 5.85. The van der Waals surface area contributed by atoms with Crippen LogP contribution in [0.4, 0.5) is 18.0 Å². The average Bonchev–Trinajstić information content (AvgIpc) is 2.49. The summed E-state index contributed by atoms with van der Waals surface area (Å²) in [5.74, 6) is -2.03. The maximum absolute atomic E-state index is 12.9. The van der Waals surface area contributed by atoms with E-state index in [1.807, 2.05) is 0 Å². The Morgan fingerprint density at radius 3 is 2.22 bits per heavy atom. The summed E-state index contributed by atoms with van der Waals surface area (Å²) in [5, 5.41) is 10.5. The van der Waals surface area contributed by atoms with Crippen LogP contribution >= 0.6 is 0 Å². The standard InChI is InChI=1S/C18H23F3N2O4/c1-16(2,3)27-15(25)23-11-17(26,12-23)10-22(14(24)18(19,20)21)9-13-7-5-4-6-8-13/h4-8,26H,9-12H2,1-3H3. The van der Waals surface area contributed by atoms with Crippen LogP contribution in [0.1, 0.15) is 26.3 Å². The van der Waals surface area contributed by atoms with Gasteiger partial charge >= 0.3 is 18.2 Å². The van der Waals surface area contributed by atoms with Crippen LogP contribution in [-0.2, 0) is 16.1 Å². The lowest BCUT2D eigenvalue weighted by molar-refractivity contribution is -0.192. The van der Waals surface area contributed by atoms with Crippen molar-refractivity contribution in [3.05, 3.63) is 35.9 Å². The predicted octanol–water partition coefficient (Wildman–Crippen LogP) is 2.56. The number of amides is 2. The van der Waals surface area contributed by atoms with Crippen molar-refractivity contribution in [1.82, 2.24) is 9.80 Å². The Morgan fingerprint density at radius 2 is 1.74 bits per heavy atom. The number of likely N-dealkylation sites (tertiary alicyclic amines) is 1. The van der Waals surface area contributed by atoms with Crippen molar-refractivity contribution in [2.45, 2.75) is 44.7 Å². The van der Waals surface area contributed by atoms with Crippen molar-refractivity contribution < 1.29 is 32.6 Å². The lowest BCUT2D eigenvalue weighted by atomic mass is 9.93. The minimum atomic E-state index is -5.06. The number of benzene rings is 1.